The third-order valence-electron chi connectivity index (χ3n) is 7.01. The summed E-state index contributed by atoms with van der Waals surface area (Å²) in [5, 5.41) is 10.2. The van der Waals surface area contributed by atoms with E-state index in [0.29, 0.717) is 16.7 Å². The van der Waals surface area contributed by atoms with E-state index < -0.39 is 66.7 Å². The van der Waals surface area contributed by atoms with Gasteiger partial charge in [0.1, 0.15) is 24.3 Å². The van der Waals surface area contributed by atoms with Crippen LogP contribution in [0.2, 0.25) is 0 Å². The molecule has 0 saturated carbocycles. The summed E-state index contributed by atoms with van der Waals surface area (Å²) >= 11 is 0. The largest absolute Gasteiger partial charge is 0.463 e. The van der Waals surface area contributed by atoms with E-state index in [-0.39, 0.29) is 11.3 Å². The molecule has 0 N–H and O–H groups in total. The van der Waals surface area contributed by atoms with Crippen LogP contribution in [0.1, 0.15) is 45.0 Å². The van der Waals surface area contributed by atoms with Crippen LogP contribution in [-0.4, -0.2) is 59.5 Å². The summed E-state index contributed by atoms with van der Waals surface area (Å²) in [6.07, 6.45) is -7.32. The molecule has 0 radical (unpaired) electrons. The van der Waals surface area contributed by atoms with Gasteiger partial charge >= 0.3 is 23.9 Å². The number of esters is 4. The number of rotatable bonds is 8. The first-order valence-corrected chi connectivity index (χ1v) is 14.0. The molecule has 4 rings (SSSR count). The number of hydrogen-bond donors (Lipinski definition) is 0. The van der Waals surface area contributed by atoms with Crippen molar-refractivity contribution in [3.8, 4) is 28.5 Å². The molecular formula is C33H32N2O10. The Morgan fingerprint density at radius 3 is 1.93 bits per heavy atom. The SMILES string of the molecule is CC(=O)OC[C@@H]1O[C@H](n2c(-c3ccc(C)cc3)cc(-c3ccccc3)c(C#N)c2=O)[C@@H](OC(C)=O)[C@H](OC(C)=O)[C@@H]1OC(C)=O. The smallest absolute Gasteiger partial charge is 0.303 e. The second-order valence-electron chi connectivity index (χ2n) is 10.4. The number of ether oxygens (including phenoxy) is 5. The lowest BCUT2D eigenvalue weighted by Crippen LogP contribution is -2.61. The molecule has 1 aliphatic rings. The van der Waals surface area contributed by atoms with Crippen molar-refractivity contribution < 1.29 is 42.9 Å². The number of aryl methyl sites for hydroxylation is 1. The predicted molar refractivity (Wildman–Crippen MR) is 158 cm³/mol. The number of pyridine rings is 1. The van der Waals surface area contributed by atoms with Gasteiger partial charge in [0.05, 0.1) is 5.69 Å². The van der Waals surface area contributed by atoms with Gasteiger partial charge in [-0.2, -0.15) is 5.26 Å². The maximum Gasteiger partial charge on any atom is 0.303 e. The highest BCUT2D eigenvalue weighted by Gasteiger charge is 2.53. The Hall–Kier alpha value is -5.28. The number of benzene rings is 2. The molecule has 234 valence electrons. The molecule has 1 fully saturated rings. The van der Waals surface area contributed by atoms with Gasteiger partial charge in [-0.25, -0.2) is 0 Å². The molecule has 12 heteroatoms. The molecule has 1 aliphatic heterocycles. The fourth-order valence-corrected chi connectivity index (χ4v) is 5.19. The third kappa shape index (κ3) is 7.45. The molecule has 5 atom stereocenters. The molecular weight excluding hydrogens is 584 g/mol. The van der Waals surface area contributed by atoms with Crippen LogP contribution < -0.4 is 5.56 Å². The number of carbonyl (C=O) groups is 4. The van der Waals surface area contributed by atoms with Crippen LogP contribution in [-0.2, 0) is 42.9 Å². The van der Waals surface area contributed by atoms with Crippen LogP contribution in [0.4, 0.5) is 0 Å². The minimum Gasteiger partial charge on any atom is -0.463 e. The number of aromatic nitrogens is 1. The van der Waals surface area contributed by atoms with Crippen LogP contribution in [0, 0.1) is 18.3 Å². The van der Waals surface area contributed by atoms with Crippen LogP contribution >= 0.6 is 0 Å². The Bertz CT molecular complexity index is 1690. The zero-order chi connectivity index (χ0) is 32.8. The summed E-state index contributed by atoms with van der Waals surface area (Å²) < 4.78 is 29.3. The maximum atomic E-state index is 14.4. The van der Waals surface area contributed by atoms with Gasteiger partial charge in [0, 0.05) is 33.3 Å². The summed E-state index contributed by atoms with van der Waals surface area (Å²) in [5.74, 6) is -3.11. The van der Waals surface area contributed by atoms with Crippen molar-refractivity contribution in [3.63, 3.8) is 0 Å². The molecule has 2 aromatic carbocycles. The van der Waals surface area contributed by atoms with Gasteiger partial charge in [-0.3, -0.25) is 28.5 Å². The topological polar surface area (TPSA) is 160 Å². The summed E-state index contributed by atoms with van der Waals surface area (Å²) in [5.41, 5.74) is 1.69. The average molecular weight is 617 g/mol. The van der Waals surface area contributed by atoms with Gasteiger partial charge in [-0.1, -0.05) is 60.2 Å². The van der Waals surface area contributed by atoms with E-state index >= 15 is 0 Å². The van der Waals surface area contributed by atoms with Crippen molar-refractivity contribution in [2.45, 2.75) is 65.3 Å². The van der Waals surface area contributed by atoms with Gasteiger partial charge in [0.15, 0.2) is 24.5 Å². The molecule has 0 amide bonds. The Balaban J connectivity index is 2.05. The minimum atomic E-state index is -1.56. The van der Waals surface area contributed by atoms with Crippen molar-refractivity contribution in [2.24, 2.45) is 0 Å². The monoisotopic (exact) mass is 616 g/mol. The number of nitrogens with zero attached hydrogens (tertiary/aromatic N) is 2. The van der Waals surface area contributed by atoms with E-state index in [1.54, 1.807) is 48.5 Å². The highest BCUT2D eigenvalue weighted by Crippen LogP contribution is 2.38. The summed E-state index contributed by atoms with van der Waals surface area (Å²) in [6.45, 7) is 5.90. The lowest BCUT2D eigenvalue weighted by molar-refractivity contribution is -0.268. The predicted octanol–water partition coefficient (Wildman–Crippen LogP) is 3.62. The van der Waals surface area contributed by atoms with Crippen molar-refractivity contribution in [2.75, 3.05) is 6.61 Å². The summed E-state index contributed by atoms with van der Waals surface area (Å²) in [4.78, 5) is 63.1. The normalized spacial score (nSPS) is 20.8. The van der Waals surface area contributed by atoms with Crippen LogP contribution in [0.3, 0.4) is 0 Å². The Kier molecular flexibility index (Phi) is 10.2. The summed E-state index contributed by atoms with van der Waals surface area (Å²) in [7, 11) is 0. The van der Waals surface area contributed by atoms with Crippen molar-refractivity contribution in [3.05, 3.63) is 82.1 Å². The van der Waals surface area contributed by atoms with Crippen LogP contribution in [0.5, 0.6) is 0 Å². The number of nitriles is 1. The molecule has 1 saturated heterocycles. The van der Waals surface area contributed by atoms with Crippen LogP contribution in [0.25, 0.3) is 22.4 Å². The Labute approximate surface area is 259 Å². The standard InChI is InChI=1S/C33H32N2O10/c1-18-11-13-24(14-12-18)27-15-25(23-9-7-6-8-10-23)26(16-34)32(40)35(27)33-31(44-22(5)39)30(43-21(4)38)29(42-20(3)37)28(45-33)17-41-19(2)36/h6-15,28-31,33H,17H2,1-5H3/t28-,29+,30+,31-,33-/m0/s1. The van der Waals surface area contributed by atoms with Crippen molar-refractivity contribution in [1.82, 2.24) is 4.57 Å². The minimum absolute atomic E-state index is 0.232. The van der Waals surface area contributed by atoms with E-state index in [9.17, 15) is 29.2 Å². The highest BCUT2D eigenvalue weighted by molar-refractivity contribution is 5.76. The van der Waals surface area contributed by atoms with E-state index in [4.69, 9.17) is 23.7 Å². The zero-order valence-corrected chi connectivity index (χ0v) is 25.3. The molecule has 3 aromatic rings. The molecule has 0 unspecified atom stereocenters. The van der Waals surface area contributed by atoms with Gasteiger partial charge < -0.3 is 23.7 Å². The maximum absolute atomic E-state index is 14.4. The second kappa shape index (κ2) is 14.0. The lowest BCUT2D eigenvalue weighted by atomic mass is 9.94. The molecule has 2 heterocycles. The van der Waals surface area contributed by atoms with Gasteiger partial charge in [-0.05, 0) is 24.1 Å². The lowest BCUT2D eigenvalue weighted by Gasteiger charge is -2.45. The third-order valence-corrected chi connectivity index (χ3v) is 7.01. The highest BCUT2D eigenvalue weighted by atomic mass is 16.7. The first kappa shape index (κ1) is 32.6. The van der Waals surface area contributed by atoms with E-state index in [1.807, 2.05) is 25.1 Å². The van der Waals surface area contributed by atoms with Gasteiger partial charge in [-0.15, -0.1) is 0 Å². The quantitative estimate of drug-likeness (QED) is 0.269. The number of hydrogen-bond acceptors (Lipinski definition) is 11. The molecule has 12 nitrogen and oxygen atoms in total. The van der Waals surface area contributed by atoms with Crippen molar-refractivity contribution >= 4 is 23.9 Å². The van der Waals surface area contributed by atoms with E-state index in [1.165, 1.54) is 0 Å². The van der Waals surface area contributed by atoms with E-state index in [2.05, 4.69) is 0 Å². The van der Waals surface area contributed by atoms with E-state index in [0.717, 1.165) is 37.8 Å². The fraction of sp³-hybridized carbons (Fsp3) is 0.333. The van der Waals surface area contributed by atoms with Crippen molar-refractivity contribution in [1.29, 1.82) is 5.26 Å². The first-order chi connectivity index (χ1) is 21.4. The van der Waals surface area contributed by atoms with Crippen LogP contribution in [0.15, 0.2) is 65.5 Å². The van der Waals surface area contributed by atoms with Gasteiger partial charge in [0.2, 0.25) is 0 Å². The molecule has 1 aromatic heterocycles. The zero-order valence-electron chi connectivity index (χ0n) is 25.3. The Morgan fingerprint density at radius 1 is 0.800 bits per heavy atom. The molecule has 0 aliphatic carbocycles. The number of carbonyl (C=O) groups excluding carboxylic acids is 4. The molecule has 45 heavy (non-hydrogen) atoms. The first-order valence-electron chi connectivity index (χ1n) is 14.0. The fourth-order valence-electron chi connectivity index (χ4n) is 5.19. The second-order valence-corrected chi connectivity index (χ2v) is 10.4. The molecule has 0 spiro atoms. The Morgan fingerprint density at radius 2 is 1.38 bits per heavy atom. The summed E-state index contributed by atoms with van der Waals surface area (Å²) in [6, 6.07) is 19.7. The van der Waals surface area contributed by atoms with Gasteiger partial charge in [0.25, 0.3) is 5.56 Å². The average Bonchev–Trinajstić information content (AvgIpc) is 2.98. The molecule has 0 bridgehead atoms.